The number of anilines is 2. The number of pyridine rings is 1. The molecule has 126 valence electrons. The number of nitrogens with zero attached hydrogens (tertiary/aromatic N) is 2. The SMILES string of the molecule is C[C@@H](Sc1[nH+]c(N)c(C#N)cc1C#N)C(=O)Nc1ccc(Cl)cc1F. The minimum absolute atomic E-state index is 0.00526. The van der Waals surface area contributed by atoms with Gasteiger partial charge in [-0.3, -0.25) is 10.5 Å². The number of carbonyl (C=O) groups excluding carboxylic acids is 1. The Labute approximate surface area is 152 Å². The Bertz CT molecular complexity index is 922. The van der Waals surface area contributed by atoms with Crippen LogP contribution in [0.3, 0.4) is 0 Å². The summed E-state index contributed by atoms with van der Waals surface area (Å²) in [5, 5.41) is 20.5. The van der Waals surface area contributed by atoms with E-state index in [-0.39, 0.29) is 27.7 Å². The number of halogens is 2. The molecule has 4 N–H and O–H groups in total. The third-order valence-electron chi connectivity index (χ3n) is 3.17. The Morgan fingerprint density at radius 2 is 2.04 bits per heavy atom. The number of hydrogen-bond acceptors (Lipinski definition) is 5. The van der Waals surface area contributed by atoms with Gasteiger partial charge in [-0.15, -0.1) is 0 Å². The van der Waals surface area contributed by atoms with Crippen molar-refractivity contribution in [1.82, 2.24) is 0 Å². The number of nitrogens with one attached hydrogen (secondary N) is 2. The summed E-state index contributed by atoms with van der Waals surface area (Å²) >= 11 is 6.71. The topological polar surface area (TPSA) is 117 Å². The van der Waals surface area contributed by atoms with Crippen LogP contribution in [-0.2, 0) is 4.79 Å². The van der Waals surface area contributed by atoms with Crippen molar-refractivity contribution in [3.05, 3.63) is 46.2 Å². The minimum Gasteiger partial charge on any atom is -0.323 e. The second kappa shape index (κ2) is 7.84. The van der Waals surface area contributed by atoms with Crippen LogP contribution in [0.15, 0.2) is 29.3 Å². The number of hydrogen-bond donors (Lipinski definition) is 2. The van der Waals surface area contributed by atoms with E-state index in [2.05, 4.69) is 10.3 Å². The number of nitrogens with two attached hydrogens (primary N) is 1. The lowest BCUT2D eigenvalue weighted by molar-refractivity contribution is -0.410. The van der Waals surface area contributed by atoms with Gasteiger partial charge in [0.15, 0.2) is 5.03 Å². The summed E-state index contributed by atoms with van der Waals surface area (Å²) < 4.78 is 13.8. The second-order valence-corrected chi connectivity index (χ2v) is 6.72. The molecule has 6 nitrogen and oxygen atoms in total. The molecule has 0 unspecified atom stereocenters. The number of aromatic amines is 1. The van der Waals surface area contributed by atoms with Gasteiger partial charge < -0.3 is 5.32 Å². The number of amides is 1. The van der Waals surface area contributed by atoms with E-state index in [0.717, 1.165) is 17.8 Å². The van der Waals surface area contributed by atoms with E-state index in [1.165, 1.54) is 18.2 Å². The first-order valence-electron chi connectivity index (χ1n) is 6.94. The van der Waals surface area contributed by atoms with Crippen molar-refractivity contribution in [3.63, 3.8) is 0 Å². The first kappa shape index (κ1) is 18.5. The van der Waals surface area contributed by atoms with Crippen molar-refractivity contribution in [3.8, 4) is 12.1 Å². The third-order valence-corrected chi connectivity index (χ3v) is 4.53. The predicted molar refractivity (Wildman–Crippen MR) is 92.2 cm³/mol. The number of nitrogen functional groups attached to an aromatic ring is 1. The van der Waals surface area contributed by atoms with Crippen LogP contribution < -0.4 is 16.0 Å². The fourth-order valence-corrected chi connectivity index (χ4v) is 2.95. The van der Waals surface area contributed by atoms with Gasteiger partial charge >= 0.3 is 0 Å². The Balaban J connectivity index is 2.18. The summed E-state index contributed by atoms with van der Waals surface area (Å²) in [6, 6.07) is 9.07. The molecule has 1 atom stereocenters. The summed E-state index contributed by atoms with van der Waals surface area (Å²) in [5.41, 5.74) is 6.03. The van der Waals surface area contributed by atoms with Crippen LogP contribution in [0.5, 0.6) is 0 Å². The number of carbonyl (C=O) groups is 1. The predicted octanol–water partition coefficient (Wildman–Crippen LogP) is 2.74. The molecule has 0 saturated heterocycles. The molecule has 0 radical (unpaired) electrons. The van der Waals surface area contributed by atoms with E-state index in [1.54, 1.807) is 6.92 Å². The number of thioether (sulfide) groups is 1. The zero-order chi connectivity index (χ0) is 18.6. The Morgan fingerprint density at radius 3 is 2.64 bits per heavy atom. The molecule has 0 fully saturated rings. The van der Waals surface area contributed by atoms with Crippen LogP contribution in [0.4, 0.5) is 15.9 Å². The van der Waals surface area contributed by atoms with Crippen LogP contribution in [0.25, 0.3) is 0 Å². The minimum atomic E-state index is -0.661. The van der Waals surface area contributed by atoms with Crippen molar-refractivity contribution < 1.29 is 14.2 Å². The van der Waals surface area contributed by atoms with Gasteiger partial charge in [0.1, 0.15) is 29.1 Å². The number of rotatable bonds is 4. The van der Waals surface area contributed by atoms with E-state index >= 15 is 0 Å². The average molecular weight is 377 g/mol. The summed E-state index contributed by atoms with van der Waals surface area (Å²) in [6.07, 6.45) is 0. The molecule has 9 heteroatoms. The highest BCUT2D eigenvalue weighted by Gasteiger charge is 2.22. The highest BCUT2D eigenvalue weighted by molar-refractivity contribution is 8.00. The van der Waals surface area contributed by atoms with Gasteiger partial charge in [-0.2, -0.15) is 10.5 Å². The summed E-state index contributed by atoms with van der Waals surface area (Å²) in [4.78, 5) is 15.0. The lowest BCUT2D eigenvalue weighted by Crippen LogP contribution is -2.25. The lowest BCUT2D eigenvalue weighted by Gasteiger charge is -2.12. The van der Waals surface area contributed by atoms with Gasteiger partial charge in [-0.25, -0.2) is 9.37 Å². The van der Waals surface area contributed by atoms with Crippen molar-refractivity contribution in [2.45, 2.75) is 17.2 Å². The van der Waals surface area contributed by atoms with Crippen LogP contribution >= 0.6 is 23.4 Å². The van der Waals surface area contributed by atoms with E-state index < -0.39 is 17.0 Å². The molecular weight excluding hydrogens is 365 g/mol. The Kier molecular flexibility index (Phi) is 5.81. The molecule has 1 amide bonds. The fraction of sp³-hybridized carbons (Fsp3) is 0.125. The smallest absolute Gasteiger partial charge is 0.289 e. The van der Waals surface area contributed by atoms with Crippen molar-refractivity contribution in [1.29, 1.82) is 10.5 Å². The molecule has 0 spiro atoms. The molecule has 0 aliphatic carbocycles. The van der Waals surface area contributed by atoms with E-state index in [0.29, 0.717) is 5.03 Å². The largest absolute Gasteiger partial charge is 0.323 e. The van der Waals surface area contributed by atoms with Crippen LogP contribution in [0.1, 0.15) is 18.1 Å². The highest BCUT2D eigenvalue weighted by Crippen LogP contribution is 2.26. The molecule has 0 saturated carbocycles. The van der Waals surface area contributed by atoms with E-state index in [4.69, 9.17) is 22.6 Å². The van der Waals surface area contributed by atoms with Gasteiger partial charge in [-0.05, 0) is 31.2 Å². The van der Waals surface area contributed by atoms with Gasteiger partial charge in [0, 0.05) is 5.02 Å². The first-order valence-corrected chi connectivity index (χ1v) is 8.20. The molecule has 2 aromatic rings. The Hall–Kier alpha value is -2.81. The average Bonchev–Trinajstić information content (AvgIpc) is 2.57. The van der Waals surface area contributed by atoms with Crippen LogP contribution in [-0.4, -0.2) is 11.2 Å². The normalized spacial score (nSPS) is 11.2. The maximum Gasteiger partial charge on any atom is 0.289 e. The summed E-state index contributed by atoms with van der Waals surface area (Å²) in [7, 11) is 0. The van der Waals surface area contributed by atoms with Gasteiger partial charge in [0.25, 0.3) is 5.82 Å². The molecule has 0 bridgehead atoms. The molecular formula is C16H12ClFN5OS+. The molecule has 0 aliphatic heterocycles. The molecule has 0 aliphatic rings. The van der Waals surface area contributed by atoms with Gasteiger partial charge in [0.2, 0.25) is 5.91 Å². The van der Waals surface area contributed by atoms with Crippen molar-refractivity contribution >= 4 is 40.8 Å². The third kappa shape index (κ3) is 4.38. The molecule has 1 heterocycles. The maximum atomic E-state index is 13.8. The zero-order valence-electron chi connectivity index (χ0n) is 12.9. The molecule has 25 heavy (non-hydrogen) atoms. The number of aromatic nitrogens is 1. The lowest BCUT2D eigenvalue weighted by atomic mass is 10.2. The number of H-pyrrole nitrogens is 1. The van der Waals surface area contributed by atoms with Crippen LogP contribution in [0.2, 0.25) is 5.02 Å². The van der Waals surface area contributed by atoms with E-state index in [1.807, 2.05) is 12.1 Å². The van der Waals surface area contributed by atoms with Crippen LogP contribution in [0, 0.1) is 28.5 Å². The standard InChI is InChI=1S/C16H11ClFN5OS/c1-8(15(24)22-13-3-2-11(17)5-12(13)18)25-16-10(7-20)4-9(6-19)14(21)23-16/h2-5,8H,1H3,(H2,21,23)(H,22,24)/p+1/t8-/m1/s1. The number of nitriles is 2. The summed E-state index contributed by atoms with van der Waals surface area (Å²) in [6.45, 7) is 1.59. The molecule has 1 aromatic carbocycles. The van der Waals surface area contributed by atoms with E-state index in [9.17, 15) is 14.4 Å². The van der Waals surface area contributed by atoms with Crippen molar-refractivity contribution in [2.24, 2.45) is 0 Å². The second-order valence-electron chi connectivity index (χ2n) is 4.94. The fourth-order valence-electron chi connectivity index (χ4n) is 1.87. The van der Waals surface area contributed by atoms with Crippen molar-refractivity contribution in [2.75, 3.05) is 11.1 Å². The highest BCUT2D eigenvalue weighted by atomic mass is 35.5. The maximum absolute atomic E-state index is 13.8. The Morgan fingerprint density at radius 1 is 1.36 bits per heavy atom. The molecule has 1 aromatic heterocycles. The monoisotopic (exact) mass is 376 g/mol. The quantitative estimate of drug-likeness (QED) is 0.795. The first-order chi connectivity index (χ1) is 11.8. The zero-order valence-corrected chi connectivity index (χ0v) is 14.5. The summed E-state index contributed by atoms with van der Waals surface area (Å²) in [5.74, 6) is -1.02. The van der Waals surface area contributed by atoms with Gasteiger partial charge in [-0.1, -0.05) is 23.4 Å². The van der Waals surface area contributed by atoms with Gasteiger partial charge in [0.05, 0.1) is 10.9 Å². The number of benzene rings is 1. The molecule has 2 rings (SSSR count).